The monoisotopic (exact) mass is 286 g/mol. The third kappa shape index (κ3) is 3.07. The van der Waals surface area contributed by atoms with Gasteiger partial charge in [0.1, 0.15) is 6.04 Å². The van der Waals surface area contributed by atoms with Crippen molar-refractivity contribution in [1.29, 1.82) is 0 Å². The molecule has 0 aliphatic rings. The minimum absolute atomic E-state index is 0.0963. The lowest BCUT2D eigenvalue weighted by Crippen LogP contribution is -2.41. The molecule has 1 aromatic heterocycles. The molecule has 0 spiro atoms. The number of benzene rings is 1. The van der Waals surface area contributed by atoms with Crippen molar-refractivity contribution in [2.45, 2.75) is 26.8 Å². The molecule has 21 heavy (non-hydrogen) atoms. The van der Waals surface area contributed by atoms with E-state index in [4.69, 9.17) is 5.73 Å². The van der Waals surface area contributed by atoms with E-state index in [1.54, 1.807) is 12.4 Å². The first kappa shape index (κ1) is 15.1. The summed E-state index contributed by atoms with van der Waals surface area (Å²) in [6.45, 7) is 7.28. The number of carbonyl (C=O) groups excluding carboxylic acids is 1. The predicted octanol–water partition coefficient (Wildman–Crippen LogP) is 2.49. The molecule has 3 N–H and O–H groups in total. The van der Waals surface area contributed by atoms with Crippen LogP contribution in [0.4, 0.5) is 11.4 Å². The van der Waals surface area contributed by atoms with Crippen molar-refractivity contribution >= 4 is 28.1 Å². The van der Waals surface area contributed by atoms with Crippen molar-refractivity contribution in [3.63, 3.8) is 0 Å². The van der Waals surface area contributed by atoms with E-state index in [1.807, 2.05) is 43.9 Å². The summed E-state index contributed by atoms with van der Waals surface area (Å²) in [7, 11) is 0. The van der Waals surface area contributed by atoms with Gasteiger partial charge in [0, 0.05) is 47.6 Å². The molecule has 0 saturated carbocycles. The highest BCUT2D eigenvalue weighted by Gasteiger charge is 2.18. The van der Waals surface area contributed by atoms with Gasteiger partial charge in [-0.2, -0.15) is 0 Å². The molecule has 2 aromatic rings. The number of pyridine rings is 1. The Morgan fingerprint density at radius 2 is 2.00 bits per heavy atom. The average molecular weight is 286 g/mol. The Morgan fingerprint density at radius 1 is 1.29 bits per heavy atom. The van der Waals surface area contributed by atoms with E-state index in [0.29, 0.717) is 18.8 Å². The van der Waals surface area contributed by atoms with Crippen molar-refractivity contribution in [1.82, 2.24) is 9.88 Å². The molecule has 1 aromatic carbocycles. The minimum Gasteiger partial charge on any atom is -0.398 e. The van der Waals surface area contributed by atoms with Crippen LogP contribution in [0.3, 0.4) is 0 Å². The van der Waals surface area contributed by atoms with Crippen LogP contribution >= 0.6 is 0 Å². The van der Waals surface area contributed by atoms with Crippen molar-refractivity contribution in [3.05, 3.63) is 30.6 Å². The van der Waals surface area contributed by atoms with Gasteiger partial charge in [0.2, 0.25) is 5.91 Å². The number of nitrogen functional groups attached to an aromatic ring is 1. The summed E-state index contributed by atoms with van der Waals surface area (Å²) < 4.78 is 0. The van der Waals surface area contributed by atoms with Gasteiger partial charge in [-0.1, -0.05) is 0 Å². The fourth-order valence-corrected chi connectivity index (χ4v) is 2.44. The number of carbonyl (C=O) groups is 1. The molecule has 1 heterocycles. The van der Waals surface area contributed by atoms with Gasteiger partial charge in [-0.25, -0.2) is 0 Å². The van der Waals surface area contributed by atoms with E-state index in [0.717, 1.165) is 16.5 Å². The first-order valence-electron chi connectivity index (χ1n) is 7.26. The summed E-state index contributed by atoms with van der Waals surface area (Å²) in [6, 6.07) is 5.36. The molecule has 0 fully saturated rings. The SMILES string of the molecule is CCN(CC)C(=O)C(C)Nc1ccc(N)c2cnccc12. The molecule has 0 radical (unpaired) electrons. The number of nitrogens with zero attached hydrogens (tertiary/aromatic N) is 2. The number of amides is 1. The van der Waals surface area contributed by atoms with Crippen molar-refractivity contribution < 1.29 is 4.79 Å². The van der Waals surface area contributed by atoms with Gasteiger partial charge < -0.3 is 16.0 Å². The fraction of sp³-hybridized carbons (Fsp3) is 0.375. The number of likely N-dealkylation sites (N-methyl/N-ethyl adjacent to an activating group) is 1. The van der Waals surface area contributed by atoms with Crippen LogP contribution in [0.5, 0.6) is 0 Å². The topological polar surface area (TPSA) is 71.2 Å². The highest BCUT2D eigenvalue weighted by molar-refractivity contribution is 6.01. The van der Waals surface area contributed by atoms with Crippen LogP contribution in [0.15, 0.2) is 30.6 Å². The largest absolute Gasteiger partial charge is 0.398 e. The second-order valence-corrected chi connectivity index (χ2v) is 5.00. The van der Waals surface area contributed by atoms with Gasteiger partial charge in [-0.05, 0) is 39.0 Å². The number of nitrogens with two attached hydrogens (primary N) is 1. The van der Waals surface area contributed by atoms with E-state index in [-0.39, 0.29) is 11.9 Å². The van der Waals surface area contributed by atoms with Gasteiger partial charge >= 0.3 is 0 Å². The van der Waals surface area contributed by atoms with E-state index < -0.39 is 0 Å². The van der Waals surface area contributed by atoms with Gasteiger partial charge in [-0.3, -0.25) is 9.78 Å². The number of anilines is 2. The Labute approximate surface area is 125 Å². The van der Waals surface area contributed by atoms with Crippen LogP contribution < -0.4 is 11.1 Å². The zero-order chi connectivity index (χ0) is 15.4. The molecule has 0 bridgehead atoms. The number of aromatic nitrogens is 1. The normalized spacial score (nSPS) is 12.1. The molecular weight excluding hydrogens is 264 g/mol. The number of nitrogens with one attached hydrogen (secondary N) is 1. The molecule has 0 aliphatic heterocycles. The zero-order valence-corrected chi connectivity index (χ0v) is 12.8. The first-order chi connectivity index (χ1) is 10.1. The summed E-state index contributed by atoms with van der Waals surface area (Å²) in [5.41, 5.74) is 7.55. The second-order valence-electron chi connectivity index (χ2n) is 5.00. The smallest absolute Gasteiger partial charge is 0.244 e. The Bertz CT molecular complexity index is 637. The predicted molar refractivity (Wildman–Crippen MR) is 87.2 cm³/mol. The Hall–Kier alpha value is -2.30. The lowest BCUT2D eigenvalue weighted by molar-refractivity contribution is -0.131. The van der Waals surface area contributed by atoms with Crippen LogP contribution in [-0.4, -0.2) is 34.9 Å². The van der Waals surface area contributed by atoms with Gasteiger partial charge in [0.15, 0.2) is 0 Å². The molecule has 0 saturated heterocycles. The lowest BCUT2D eigenvalue weighted by Gasteiger charge is -2.24. The second kappa shape index (κ2) is 6.43. The van der Waals surface area contributed by atoms with Gasteiger partial charge in [0.05, 0.1) is 0 Å². The van der Waals surface area contributed by atoms with E-state index in [9.17, 15) is 4.79 Å². The molecule has 1 amide bonds. The summed E-state index contributed by atoms with van der Waals surface area (Å²) in [6.07, 6.45) is 3.47. The molecule has 0 aliphatic carbocycles. The van der Waals surface area contributed by atoms with Crippen molar-refractivity contribution in [2.75, 3.05) is 24.1 Å². The number of hydrogen-bond donors (Lipinski definition) is 2. The summed E-state index contributed by atoms with van der Waals surface area (Å²) in [4.78, 5) is 18.3. The third-order valence-corrected chi connectivity index (χ3v) is 3.67. The van der Waals surface area contributed by atoms with E-state index >= 15 is 0 Å². The summed E-state index contributed by atoms with van der Waals surface area (Å²) >= 11 is 0. The molecule has 5 nitrogen and oxygen atoms in total. The van der Waals surface area contributed by atoms with E-state index in [2.05, 4.69) is 10.3 Å². The molecule has 112 valence electrons. The van der Waals surface area contributed by atoms with Crippen molar-refractivity contribution in [3.8, 4) is 0 Å². The maximum atomic E-state index is 12.3. The van der Waals surface area contributed by atoms with Crippen LogP contribution in [0.1, 0.15) is 20.8 Å². The number of hydrogen-bond acceptors (Lipinski definition) is 4. The highest BCUT2D eigenvalue weighted by atomic mass is 16.2. The molecular formula is C16H22N4O. The maximum absolute atomic E-state index is 12.3. The lowest BCUT2D eigenvalue weighted by atomic mass is 10.1. The highest BCUT2D eigenvalue weighted by Crippen LogP contribution is 2.27. The van der Waals surface area contributed by atoms with Crippen LogP contribution in [-0.2, 0) is 4.79 Å². The maximum Gasteiger partial charge on any atom is 0.244 e. The Morgan fingerprint density at radius 3 is 2.67 bits per heavy atom. The van der Waals surface area contributed by atoms with E-state index in [1.165, 1.54) is 0 Å². The van der Waals surface area contributed by atoms with Crippen LogP contribution in [0.2, 0.25) is 0 Å². The van der Waals surface area contributed by atoms with Gasteiger partial charge in [0.25, 0.3) is 0 Å². The third-order valence-electron chi connectivity index (χ3n) is 3.67. The average Bonchev–Trinajstić information content (AvgIpc) is 2.51. The quantitative estimate of drug-likeness (QED) is 0.828. The standard InChI is InChI=1S/C16H22N4O/c1-4-20(5-2)16(21)11(3)19-15-7-6-14(17)13-10-18-9-8-12(13)15/h6-11,19H,4-5,17H2,1-3H3. The number of fused-ring (bicyclic) bond motifs is 1. The molecule has 1 unspecified atom stereocenters. The molecule has 2 rings (SSSR count). The Balaban J connectivity index is 2.28. The fourth-order valence-electron chi connectivity index (χ4n) is 2.44. The van der Waals surface area contributed by atoms with Crippen LogP contribution in [0.25, 0.3) is 10.8 Å². The molecule has 1 atom stereocenters. The zero-order valence-electron chi connectivity index (χ0n) is 12.8. The first-order valence-corrected chi connectivity index (χ1v) is 7.26. The Kier molecular flexibility index (Phi) is 4.62. The van der Waals surface area contributed by atoms with Gasteiger partial charge in [-0.15, -0.1) is 0 Å². The number of rotatable bonds is 5. The molecule has 5 heteroatoms. The van der Waals surface area contributed by atoms with Crippen molar-refractivity contribution in [2.24, 2.45) is 0 Å². The summed E-state index contributed by atoms with van der Waals surface area (Å²) in [5.74, 6) is 0.0963. The summed E-state index contributed by atoms with van der Waals surface area (Å²) in [5, 5.41) is 5.16. The minimum atomic E-state index is -0.287. The van der Waals surface area contributed by atoms with Crippen LogP contribution in [0, 0.1) is 0 Å².